The summed E-state index contributed by atoms with van der Waals surface area (Å²) < 4.78 is 0. The Morgan fingerprint density at radius 2 is 2.20 bits per heavy atom. The average Bonchev–Trinajstić information content (AvgIpc) is 2.42. The number of nitrogens with zero attached hydrogens (tertiary/aromatic N) is 1. The molecule has 0 bridgehead atoms. The topological polar surface area (TPSA) is 74.8 Å². The molecular weight excluding hydrogens is 298 g/mol. The van der Waals surface area contributed by atoms with Crippen LogP contribution in [0.2, 0.25) is 5.02 Å². The summed E-state index contributed by atoms with van der Waals surface area (Å²) >= 11 is 7.20. The Kier molecular flexibility index (Phi) is 4.81. The van der Waals surface area contributed by atoms with E-state index >= 15 is 0 Å². The van der Waals surface area contributed by atoms with Gasteiger partial charge in [0.05, 0.1) is 21.5 Å². The number of rotatable bonds is 4. The van der Waals surface area contributed by atoms with Crippen LogP contribution in [0.15, 0.2) is 40.3 Å². The lowest BCUT2D eigenvalue weighted by atomic mass is 10.3. The molecule has 0 spiro atoms. The van der Waals surface area contributed by atoms with Crippen molar-refractivity contribution < 1.29 is 4.79 Å². The van der Waals surface area contributed by atoms with E-state index in [0.29, 0.717) is 15.7 Å². The van der Waals surface area contributed by atoms with Crippen molar-refractivity contribution in [2.45, 2.75) is 11.9 Å². The number of aromatic amines is 1. The Hall–Kier alpha value is -1.79. The molecule has 1 aromatic carbocycles. The van der Waals surface area contributed by atoms with E-state index in [0.717, 1.165) is 5.56 Å². The molecule has 20 heavy (non-hydrogen) atoms. The van der Waals surface area contributed by atoms with E-state index in [2.05, 4.69) is 15.3 Å². The van der Waals surface area contributed by atoms with E-state index in [-0.39, 0.29) is 11.7 Å². The van der Waals surface area contributed by atoms with Crippen LogP contribution in [0.25, 0.3) is 0 Å². The summed E-state index contributed by atoms with van der Waals surface area (Å²) in [5, 5.41) is 3.84. The maximum absolute atomic E-state index is 11.8. The third-order valence-electron chi connectivity index (χ3n) is 2.45. The van der Waals surface area contributed by atoms with E-state index in [1.807, 2.05) is 6.92 Å². The predicted molar refractivity (Wildman–Crippen MR) is 80.4 cm³/mol. The normalized spacial score (nSPS) is 10.3. The maximum atomic E-state index is 11.8. The van der Waals surface area contributed by atoms with Gasteiger partial charge in [0.15, 0.2) is 0 Å². The molecule has 2 aromatic rings. The molecule has 0 saturated heterocycles. The van der Waals surface area contributed by atoms with E-state index in [4.69, 9.17) is 11.6 Å². The lowest BCUT2D eigenvalue weighted by Crippen LogP contribution is -2.16. The number of halogens is 1. The fourth-order valence-electron chi connectivity index (χ4n) is 1.48. The van der Waals surface area contributed by atoms with Gasteiger partial charge in [0, 0.05) is 6.20 Å². The molecule has 0 aliphatic carbocycles. The molecule has 0 fully saturated rings. The van der Waals surface area contributed by atoms with Crippen LogP contribution in [0.1, 0.15) is 5.56 Å². The first-order valence-electron chi connectivity index (χ1n) is 5.79. The Morgan fingerprint density at radius 1 is 1.45 bits per heavy atom. The Balaban J connectivity index is 1.97. The Bertz CT molecular complexity index is 687. The molecular formula is C13H12ClN3O2S. The van der Waals surface area contributed by atoms with Gasteiger partial charge in [-0.2, -0.15) is 0 Å². The third kappa shape index (κ3) is 3.85. The monoisotopic (exact) mass is 309 g/mol. The highest BCUT2D eigenvalue weighted by molar-refractivity contribution is 8.00. The number of anilines is 1. The van der Waals surface area contributed by atoms with Gasteiger partial charge in [0.2, 0.25) is 5.91 Å². The summed E-state index contributed by atoms with van der Waals surface area (Å²) in [6.07, 6.45) is 1.48. The highest BCUT2D eigenvalue weighted by atomic mass is 35.5. The molecule has 5 nitrogen and oxygen atoms in total. The van der Waals surface area contributed by atoms with Gasteiger partial charge in [-0.1, -0.05) is 35.5 Å². The minimum absolute atomic E-state index is 0.173. The number of H-pyrrole nitrogens is 1. The van der Waals surface area contributed by atoms with Gasteiger partial charge < -0.3 is 10.3 Å². The first-order valence-corrected chi connectivity index (χ1v) is 7.15. The number of carbonyl (C=O) groups excluding carboxylic acids is 1. The molecule has 2 rings (SSSR count). The number of aromatic nitrogens is 2. The number of para-hydroxylation sites is 1. The standard InChI is InChI=1S/C13H12ClN3O2S/c1-8-6-15-13(19)17-12(8)20-7-11(18)16-10-5-3-2-4-9(10)14/h2-6H,7H2,1H3,(H,16,18)(H,15,17,19). The van der Waals surface area contributed by atoms with Crippen molar-refractivity contribution in [3.8, 4) is 0 Å². The zero-order valence-corrected chi connectivity index (χ0v) is 12.2. The van der Waals surface area contributed by atoms with Crippen LogP contribution in [0, 0.1) is 6.92 Å². The minimum atomic E-state index is -0.426. The van der Waals surface area contributed by atoms with Crippen molar-refractivity contribution in [3.05, 3.63) is 51.5 Å². The number of benzene rings is 1. The molecule has 0 aliphatic heterocycles. The van der Waals surface area contributed by atoms with Gasteiger partial charge in [-0.3, -0.25) is 4.79 Å². The highest BCUT2D eigenvalue weighted by Gasteiger charge is 2.08. The van der Waals surface area contributed by atoms with Gasteiger partial charge >= 0.3 is 5.69 Å². The van der Waals surface area contributed by atoms with Crippen molar-refractivity contribution in [1.82, 2.24) is 9.97 Å². The molecule has 0 radical (unpaired) electrons. The number of hydrogen-bond donors (Lipinski definition) is 2. The molecule has 1 heterocycles. The highest BCUT2D eigenvalue weighted by Crippen LogP contribution is 2.22. The van der Waals surface area contributed by atoms with Crippen molar-refractivity contribution in [2.24, 2.45) is 0 Å². The van der Waals surface area contributed by atoms with E-state index < -0.39 is 5.69 Å². The average molecular weight is 310 g/mol. The largest absolute Gasteiger partial charge is 0.345 e. The number of aryl methyl sites for hydroxylation is 1. The van der Waals surface area contributed by atoms with Gasteiger partial charge in [-0.05, 0) is 24.6 Å². The van der Waals surface area contributed by atoms with Gasteiger partial charge in [0.1, 0.15) is 0 Å². The molecule has 104 valence electrons. The zero-order chi connectivity index (χ0) is 14.5. The van der Waals surface area contributed by atoms with Gasteiger partial charge in [-0.15, -0.1) is 0 Å². The second kappa shape index (κ2) is 6.58. The summed E-state index contributed by atoms with van der Waals surface area (Å²) in [5.74, 6) is -0.0217. The minimum Gasteiger partial charge on any atom is -0.324 e. The number of nitrogens with one attached hydrogen (secondary N) is 2. The predicted octanol–water partition coefficient (Wildman–Crippen LogP) is 2.46. The second-order valence-electron chi connectivity index (χ2n) is 4.02. The third-order valence-corrected chi connectivity index (χ3v) is 3.90. The maximum Gasteiger partial charge on any atom is 0.345 e. The molecule has 7 heteroatoms. The molecule has 1 amide bonds. The van der Waals surface area contributed by atoms with Gasteiger partial charge in [-0.25, -0.2) is 9.78 Å². The van der Waals surface area contributed by atoms with Crippen molar-refractivity contribution >= 4 is 35.0 Å². The number of carbonyl (C=O) groups is 1. The second-order valence-corrected chi connectivity index (χ2v) is 5.41. The van der Waals surface area contributed by atoms with Crippen LogP contribution in [0.5, 0.6) is 0 Å². The van der Waals surface area contributed by atoms with Crippen LogP contribution in [0.3, 0.4) is 0 Å². The number of amides is 1. The molecule has 0 saturated carbocycles. The molecule has 0 atom stereocenters. The smallest absolute Gasteiger partial charge is 0.324 e. The van der Waals surface area contributed by atoms with Crippen molar-refractivity contribution in [1.29, 1.82) is 0 Å². The Morgan fingerprint density at radius 3 is 2.95 bits per heavy atom. The summed E-state index contributed by atoms with van der Waals surface area (Å²) in [5.41, 5.74) is 0.962. The molecule has 1 aromatic heterocycles. The van der Waals surface area contributed by atoms with Gasteiger partial charge in [0.25, 0.3) is 0 Å². The first kappa shape index (κ1) is 14.6. The lowest BCUT2D eigenvalue weighted by Gasteiger charge is -2.07. The SMILES string of the molecule is Cc1cnc(=O)[nH]c1SCC(=O)Nc1ccccc1Cl. The van der Waals surface area contributed by atoms with Crippen LogP contribution in [0.4, 0.5) is 5.69 Å². The fourth-order valence-corrected chi connectivity index (χ4v) is 2.45. The lowest BCUT2D eigenvalue weighted by molar-refractivity contribution is -0.113. The van der Waals surface area contributed by atoms with Crippen LogP contribution in [-0.2, 0) is 4.79 Å². The molecule has 2 N–H and O–H groups in total. The number of hydrogen-bond acceptors (Lipinski definition) is 4. The van der Waals surface area contributed by atoms with E-state index in [1.165, 1.54) is 18.0 Å². The van der Waals surface area contributed by atoms with Crippen LogP contribution < -0.4 is 11.0 Å². The number of thioether (sulfide) groups is 1. The summed E-state index contributed by atoms with van der Waals surface area (Å²) in [6, 6.07) is 7.01. The summed E-state index contributed by atoms with van der Waals surface area (Å²) in [4.78, 5) is 29.2. The molecule has 0 aliphatic rings. The molecule has 0 unspecified atom stereocenters. The summed E-state index contributed by atoms with van der Waals surface area (Å²) in [7, 11) is 0. The van der Waals surface area contributed by atoms with Crippen LogP contribution in [-0.4, -0.2) is 21.6 Å². The van der Waals surface area contributed by atoms with E-state index in [9.17, 15) is 9.59 Å². The fraction of sp³-hybridized carbons (Fsp3) is 0.154. The Labute approximate surface area is 124 Å². The van der Waals surface area contributed by atoms with Crippen molar-refractivity contribution in [2.75, 3.05) is 11.1 Å². The van der Waals surface area contributed by atoms with Crippen molar-refractivity contribution in [3.63, 3.8) is 0 Å². The van der Waals surface area contributed by atoms with Crippen LogP contribution >= 0.6 is 23.4 Å². The zero-order valence-electron chi connectivity index (χ0n) is 10.6. The quantitative estimate of drug-likeness (QED) is 0.672. The van der Waals surface area contributed by atoms with E-state index in [1.54, 1.807) is 24.3 Å². The summed E-state index contributed by atoms with van der Waals surface area (Å²) in [6.45, 7) is 1.82. The first-order chi connectivity index (χ1) is 9.56.